The molecule has 0 unspecified atom stereocenters. The van der Waals surface area contributed by atoms with Crippen LogP contribution in [0.15, 0.2) is 16.6 Å². The number of rotatable bonds is 4. The second-order valence-electron chi connectivity index (χ2n) is 5.05. The van der Waals surface area contributed by atoms with Crippen LogP contribution >= 0.6 is 15.9 Å². The molecule has 0 saturated carbocycles. The number of hydrogen-bond donors (Lipinski definition) is 1. The maximum absolute atomic E-state index is 14.3. The normalized spacial score (nSPS) is 18.5. The molecule has 1 saturated heterocycles. The minimum Gasteiger partial charge on any atom is -0.314 e. The summed E-state index contributed by atoms with van der Waals surface area (Å²) in [4.78, 5) is 1.94. The molecule has 2 nitrogen and oxygen atoms in total. The summed E-state index contributed by atoms with van der Waals surface area (Å²) < 4.78 is 40.8. The van der Waals surface area contributed by atoms with Crippen LogP contribution in [0.2, 0.25) is 0 Å². The van der Waals surface area contributed by atoms with E-state index in [0.29, 0.717) is 24.2 Å². The van der Waals surface area contributed by atoms with Gasteiger partial charge in [0.2, 0.25) is 6.43 Å². The van der Waals surface area contributed by atoms with Gasteiger partial charge in [0, 0.05) is 48.7 Å². The number of nitrogens with zero attached hydrogens (tertiary/aromatic N) is 1. The van der Waals surface area contributed by atoms with Crippen LogP contribution in [0.1, 0.15) is 23.6 Å². The quantitative estimate of drug-likeness (QED) is 0.893. The predicted octanol–water partition coefficient (Wildman–Crippen LogP) is 3.50. The molecule has 6 heteroatoms. The van der Waals surface area contributed by atoms with Gasteiger partial charge in [-0.05, 0) is 24.6 Å². The van der Waals surface area contributed by atoms with Crippen LogP contribution in [0.5, 0.6) is 0 Å². The van der Waals surface area contributed by atoms with Crippen molar-refractivity contribution in [2.24, 2.45) is 0 Å². The average molecular weight is 351 g/mol. The minimum absolute atomic E-state index is 0.340. The number of alkyl halides is 2. The van der Waals surface area contributed by atoms with Crippen LogP contribution in [-0.2, 0) is 0 Å². The van der Waals surface area contributed by atoms with Gasteiger partial charge in [-0.2, -0.15) is 0 Å². The van der Waals surface area contributed by atoms with E-state index in [-0.39, 0.29) is 12.2 Å². The number of halogens is 4. The Labute approximate surface area is 125 Å². The third-order valence-corrected chi connectivity index (χ3v) is 4.06. The van der Waals surface area contributed by atoms with E-state index in [9.17, 15) is 13.2 Å². The molecule has 0 aliphatic carbocycles. The minimum atomic E-state index is -2.45. The lowest BCUT2D eigenvalue weighted by molar-refractivity contribution is 0.0724. The van der Waals surface area contributed by atoms with Crippen molar-refractivity contribution in [3.05, 3.63) is 33.5 Å². The van der Waals surface area contributed by atoms with E-state index in [1.807, 2.05) is 4.90 Å². The van der Waals surface area contributed by atoms with E-state index in [0.717, 1.165) is 17.6 Å². The Morgan fingerprint density at radius 3 is 2.55 bits per heavy atom. The molecule has 112 valence electrons. The zero-order valence-electron chi connectivity index (χ0n) is 11.3. The third-order valence-electron chi connectivity index (χ3n) is 3.60. The van der Waals surface area contributed by atoms with Gasteiger partial charge in [0.1, 0.15) is 5.82 Å². The molecule has 1 fully saturated rings. The SMILES string of the molecule is Cc1cc(Br)cc([C@H](CC(F)F)N2CCNCC2)c1F. The van der Waals surface area contributed by atoms with E-state index >= 15 is 0 Å². The van der Waals surface area contributed by atoms with Gasteiger partial charge in [-0.15, -0.1) is 0 Å². The van der Waals surface area contributed by atoms with Crippen LogP contribution < -0.4 is 5.32 Å². The highest BCUT2D eigenvalue weighted by Gasteiger charge is 2.28. The third kappa shape index (κ3) is 3.74. The first-order valence-corrected chi connectivity index (χ1v) is 7.47. The van der Waals surface area contributed by atoms with Crippen LogP contribution in [0.4, 0.5) is 13.2 Å². The van der Waals surface area contributed by atoms with Crippen molar-refractivity contribution in [3.63, 3.8) is 0 Å². The molecule has 1 N–H and O–H groups in total. The van der Waals surface area contributed by atoms with Gasteiger partial charge in [0.05, 0.1) is 0 Å². The number of aryl methyl sites for hydroxylation is 1. The predicted molar refractivity (Wildman–Crippen MR) is 76.6 cm³/mol. The summed E-state index contributed by atoms with van der Waals surface area (Å²) in [6, 6.07) is 2.71. The fourth-order valence-corrected chi connectivity index (χ4v) is 3.22. The van der Waals surface area contributed by atoms with Crippen LogP contribution in [0.25, 0.3) is 0 Å². The Morgan fingerprint density at radius 2 is 1.95 bits per heavy atom. The van der Waals surface area contributed by atoms with E-state index in [4.69, 9.17) is 0 Å². The molecule has 1 aliphatic heterocycles. The smallest absolute Gasteiger partial charge is 0.240 e. The lowest BCUT2D eigenvalue weighted by Gasteiger charge is -2.35. The van der Waals surface area contributed by atoms with E-state index < -0.39 is 12.5 Å². The Balaban J connectivity index is 2.34. The highest BCUT2D eigenvalue weighted by molar-refractivity contribution is 9.10. The van der Waals surface area contributed by atoms with Crippen molar-refractivity contribution < 1.29 is 13.2 Å². The first-order chi connectivity index (χ1) is 9.49. The molecule has 1 heterocycles. The molecular formula is C14H18BrF3N2. The number of benzene rings is 1. The molecule has 1 atom stereocenters. The number of piperazine rings is 1. The molecule has 1 aromatic carbocycles. The van der Waals surface area contributed by atoms with Gasteiger partial charge in [-0.1, -0.05) is 15.9 Å². The van der Waals surface area contributed by atoms with Crippen molar-refractivity contribution >= 4 is 15.9 Å². The monoisotopic (exact) mass is 350 g/mol. The maximum Gasteiger partial charge on any atom is 0.240 e. The lowest BCUT2D eigenvalue weighted by Crippen LogP contribution is -2.45. The lowest BCUT2D eigenvalue weighted by atomic mass is 9.98. The van der Waals surface area contributed by atoms with E-state index in [1.165, 1.54) is 0 Å². The summed E-state index contributed by atoms with van der Waals surface area (Å²) in [5.74, 6) is -0.377. The Kier molecular flexibility index (Phi) is 5.46. The molecule has 20 heavy (non-hydrogen) atoms. The van der Waals surface area contributed by atoms with Crippen LogP contribution in [-0.4, -0.2) is 37.5 Å². The van der Waals surface area contributed by atoms with Crippen molar-refractivity contribution in [2.45, 2.75) is 25.8 Å². The molecule has 0 aromatic heterocycles. The first-order valence-electron chi connectivity index (χ1n) is 6.67. The summed E-state index contributed by atoms with van der Waals surface area (Å²) in [5.41, 5.74) is 0.836. The fourth-order valence-electron chi connectivity index (χ4n) is 2.63. The summed E-state index contributed by atoms with van der Waals surface area (Å²) in [6.45, 7) is 4.45. The van der Waals surface area contributed by atoms with Crippen LogP contribution in [0.3, 0.4) is 0 Å². The van der Waals surface area contributed by atoms with Gasteiger partial charge < -0.3 is 5.32 Å². The second kappa shape index (κ2) is 6.91. The molecule has 1 aliphatic rings. The summed E-state index contributed by atoms with van der Waals surface area (Å²) in [6.07, 6.45) is -2.79. The summed E-state index contributed by atoms with van der Waals surface area (Å²) >= 11 is 3.32. The Bertz CT molecular complexity index is 462. The zero-order valence-corrected chi connectivity index (χ0v) is 12.9. The highest BCUT2D eigenvalue weighted by Crippen LogP contribution is 2.32. The fraction of sp³-hybridized carbons (Fsp3) is 0.571. The molecule has 0 amide bonds. The van der Waals surface area contributed by atoms with E-state index in [2.05, 4.69) is 21.2 Å². The maximum atomic E-state index is 14.3. The first kappa shape index (κ1) is 15.8. The highest BCUT2D eigenvalue weighted by atomic mass is 79.9. The molecule has 0 bridgehead atoms. The standard InChI is InChI=1S/C14H18BrF3N2/c1-9-6-10(15)7-11(14(9)18)12(8-13(16)17)20-4-2-19-3-5-20/h6-7,12-13,19H,2-5,8H2,1H3/t12-/m0/s1. The van der Waals surface area contributed by atoms with Gasteiger partial charge in [0.15, 0.2) is 0 Å². The van der Waals surface area contributed by atoms with Gasteiger partial charge in [-0.25, -0.2) is 13.2 Å². The van der Waals surface area contributed by atoms with Crippen LogP contribution in [0, 0.1) is 12.7 Å². The van der Waals surface area contributed by atoms with Gasteiger partial charge >= 0.3 is 0 Å². The van der Waals surface area contributed by atoms with Gasteiger partial charge in [-0.3, -0.25) is 4.90 Å². The van der Waals surface area contributed by atoms with Crippen molar-refractivity contribution in [3.8, 4) is 0 Å². The molecule has 1 aromatic rings. The van der Waals surface area contributed by atoms with E-state index in [1.54, 1.807) is 19.1 Å². The second-order valence-corrected chi connectivity index (χ2v) is 5.97. The molecule has 0 radical (unpaired) electrons. The average Bonchev–Trinajstić information content (AvgIpc) is 2.41. The molecule has 0 spiro atoms. The zero-order chi connectivity index (χ0) is 14.7. The van der Waals surface area contributed by atoms with Gasteiger partial charge in [0.25, 0.3) is 0 Å². The molecule has 2 rings (SSSR count). The van der Waals surface area contributed by atoms with Crippen molar-refractivity contribution in [2.75, 3.05) is 26.2 Å². The number of hydrogen-bond acceptors (Lipinski definition) is 2. The van der Waals surface area contributed by atoms with Crippen molar-refractivity contribution in [1.82, 2.24) is 10.2 Å². The Morgan fingerprint density at radius 1 is 1.30 bits per heavy atom. The topological polar surface area (TPSA) is 15.3 Å². The number of nitrogens with one attached hydrogen (secondary N) is 1. The molecular weight excluding hydrogens is 333 g/mol. The summed E-state index contributed by atoms with van der Waals surface area (Å²) in [5, 5.41) is 3.18. The van der Waals surface area contributed by atoms with Crippen molar-refractivity contribution in [1.29, 1.82) is 0 Å². The largest absolute Gasteiger partial charge is 0.314 e. The summed E-state index contributed by atoms with van der Waals surface area (Å²) in [7, 11) is 0. The Hall–Kier alpha value is -0.590.